The number of rotatable bonds is 4. The number of thiocarbonyl (C=S) groups is 1. The summed E-state index contributed by atoms with van der Waals surface area (Å²) >= 11 is 4.94. The van der Waals surface area contributed by atoms with Gasteiger partial charge in [-0.2, -0.15) is 0 Å². The van der Waals surface area contributed by atoms with Crippen LogP contribution in [-0.4, -0.2) is 10.9 Å². The standard InChI is InChI=1S/C16H16N2OS/c1-11-5-2-3-8-14(11)16(19)18-10-12-6-4-7-13(9-12)15(17)20/h2-9H,10H2,1H3,(H2,17,20)(H,18,19). The molecule has 0 bridgehead atoms. The molecule has 0 aliphatic carbocycles. The summed E-state index contributed by atoms with van der Waals surface area (Å²) in [4.78, 5) is 12.5. The average molecular weight is 284 g/mol. The van der Waals surface area contributed by atoms with E-state index in [1.54, 1.807) is 0 Å². The Kier molecular flexibility index (Phi) is 4.48. The summed E-state index contributed by atoms with van der Waals surface area (Å²) in [6.45, 7) is 2.37. The molecular weight excluding hydrogens is 268 g/mol. The van der Waals surface area contributed by atoms with Crippen LogP contribution < -0.4 is 11.1 Å². The van der Waals surface area contributed by atoms with E-state index in [9.17, 15) is 4.79 Å². The Bertz CT molecular complexity index is 652. The summed E-state index contributed by atoms with van der Waals surface area (Å²) in [5, 5.41) is 2.90. The van der Waals surface area contributed by atoms with Gasteiger partial charge in [0, 0.05) is 17.7 Å². The lowest BCUT2D eigenvalue weighted by molar-refractivity contribution is 0.0950. The van der Waals surface area contributed by atoms with E-state index in [1.807, 2.05) is 55.5 Å². The molecule has 0 aliphatic rings. The van der Waals surface area contributed by atoms with E-state index in [0.29, 0.717) is 17.1 Å². The largest absolute Gasteiger partial charge is 0.389 e. The van der Waals surface area contributed by atoms with Crippen LogP contribution in [0.5, 0.6) is 0 Å². The molecule has 4 heteroatoms. The smallest absolute Gasteiger partial charge is 0.251 e. The van der Waals surface area contributed by atoms with Crippen molar-refractivity contribution in [3.8, 4) is 0 Å². The Morgan fingerprint density at radius 1 is 1.20 bits per heavy atom. The van der Waals surface area contributed by atoms with E-state index in [4.69, 9.17) is 18.0 Å². The molecule has 2 rings (SSSR count). The van der Waals surface area contributed by atoms with Gasteiger partial charge in [-0.05, 0) is 30.2 Å². The Hall–Kier alpha value is -2.20. The lowest BCUT2D eigenvalue weighted by Gasteiger charge is -2.08. The molecule has 0 spiro atoms. The quantitative estimate of drug-likeness (QED) is 0.848. The molecule has 3 nitrogen and oxygen atoms in total. The van der Waals surface area contributed by atoms with Crippen molar-refractivity contribution in [2.75, 3.05) is 0 Å². The number of nitrogens with one attached hydrogen (secondary N) is 1. The maximum absolute atomic E-state index is 12.1. The fraction of sp³-hybridized carbons (Fsp3) is 0.125. The number of hydrogen-bond acceptors (Lipinski definition) is 2. The monoisotopic (exact) mass is 284 g/mol. The molecule has 0 fully saturated rings. The number of aryl methyl sites for hydroxylation is 1. The van der Waals surface area contributed by atoms with Crippen LogP contribution in [0.1, 0.15) is 27.0 Å². The van der Waals surface area contributed by atoms with Crippen LogP contribution in [0.15, 0.2) is 48.5 Å². The fourth-order valence-corrected chi connectivity index (χ4v) is 2.07. The van der Waals surface area contributed by atoms with Crippen molar-refractivity contribution in [2.24, 2.45) is 5.73 Å². The molecule has 2 aromatic carbocycles. The lowest BCUT2D eigenvalue weighted by atomic mass is 10.1. The Morgan fingerprint density at radius 2 is 1.95 bits per heavy atom. The summed E-state index contributed by atoms with van der Waals surface area (Å²) < 4.78 is 0. The van der Waals surface area contributed by atoms with Gasteiger partial charge in [-0.15, -0.1) is 0 Å². The molecule has 0 aromatic heterocycles. The van der Waals surface area contributed by atoms with Crippen LogP contribution >= 0.6 is 12.2 Å². The maximum atomic E-state index is 12.1. The summed E-state index contributed by atoms with van der Waals surface area (Å²) in [5.41, 5.74) is 9.02. The van der Waals surface area contributed by atoms with Gasteiger partial charge in [0.25, 0.3) is 5.91 Å². The lowest BCUT2D eigenvalue weighted by Crippen LogP contribution is -2.23. The number of benzene rings is 2. The van der Waals surface area contributed by atoms with Crippen molar-refractivity contribution < 1.29 is 4.79 Å². The molecule has 0 saturated heterocycles. The third kappa shape index (κ3) is 3.42. The van der Waals surface area contributed by atoms with Crippen LogP contribution in [0.4, 0.5) is 0 Å². The summed E-state index contributed by atoms with van der Waals surface area (Å²) in [5.74, 6) is -0.0798. The van der Waals surface area contributed by atoms with Gasteiger partial charge in [-0.25, -0.2) is 0 Å². The van der Waals surface area contributed by atoms with Crippen LogP contribution in [0, 0.1) is 6.92 Å². The van der Waals surface area contributed by atoms with Gasteiger partial charge >= 0.3 is 0 Å². The zero-order valence-corrected chi connectivity index (χ0v) is 12.0. The fourth-order valence-electron chi connectivity index (χ4n) is 1.94. The van der Waals surface area contributed by atoms with E-state index in [0.717, 1.165) is 16.7 Å². The van der Waals surface area contributed by atoms with Gasteiger partial charge in [0.15, 0.2) is 0 Å². The molecule has 0 radical (unpaired) electrons. The Balaban J connectivity index is 2.06. The second-order valence-electron chi connectivity index (χ2n) is 4.56. The molecular formula is C16H16N2OS. The number of hydrogen-bond donors (Lipinski definition) is 2. The minimum absolute atomic E-state index is 0.0798. The maximum Gasteiger partial charge on any atom is 0.251 e. The summed E-state index contributed by atoms with van der Waals surface area (Å²) in [6.07, 6.45) is 0. The summed E-state index contributed by atoms with van der Waals surface area (Å²) in [6, 6.07) is 15.1. The highest BCUT2D eigenvalue weighted by Gasteiger charge is 2.07. The highest BCUT2D eigenvalue weighted by molar-refractivity contribution is 7.80. The van der Waals surface area contributed by atoms with Gasteiger partial charge in [0.05, 0.1) is 0 Å². The zero-order valence-electron chi connectivity index (χ0n) is 11.2. The van der Waals surface area contributed by atoms with Crippen LogP contribution in [0.3, 0.4) is 0 Å². The minimum Gasteiger partial charge on any atom is -0.389 e. The van der Waals surface area contributed by atoms with E-state index < -0.39 is 0 Å². The van der Waals surface area contributed by atoms with Gasteiger partial charge in [-0.3, -0.25) is 4.79 Å². The number of carbonyl (C=O) groups is 1. The predicted octanol–water partition coefficient (Wildman–Crippen LogP) is 2.56. The molecule has 20 heavy (non-hydrogen) atoms. The topological polar surface area (TPSA) is 55.1 Å². The molecule has 3 N–H and O–H groups in total. The third-order valence-electron chi connectivity index (χ3n) is 3.05. The van der Waals surface area contributed by atoms with Crippen molar-refractivity contribution in [3.05, 3.63) is 70.8 Å². The first kappa shape index (κ1) is 14.2. The number of carbonyl (C=O) groups excluding carboxylic acids is 1. The molecule has 0 atom stereocenters. The predicted molar refractivity (Wildman–Crippen MR) is 84.7 cm³/mol. The van der Waals surface area contributed by atoms with Crippen LogP contribution in [0.2, 0.25) is 0 Å². The van der Waals surface area contributed by atoms with E-state index in [2.05, 4.69) is 5.32 Å². The zero-order chi connectivity index (χ0) is 14.5. The van der Waals surface area contributed by atoms with E-state index in [1.165, 1.54) is 0 Å². The SMILES string of the molecule is Cc1ccccc1C(=O)NCc1cccc(C(N)=S)c1. The second kappa shape index (κ2) is 6.30. The highest BCUT2D eigenvalue weighted by atomic mass is 32.1. The molecule has 0 aliphatic heterocycles. The van der Waals surface area contributed by atoms with Crippen molar-refractivity contribution in [2.45, 2.75) is 13.5 Å². The average Bonchev–Trinajstić information content (AvgIpc) is 2.45. The molecule has 102 valence electrons. The van der Waals surface area contributed by atoms with Crippen molar-refractivity contribution in [1.29, 1.82) is 0 Å². The van der Waals surface area contributed by atoms with Crippen molar-refractivity contribution in [3.63, 3.8) is 0 Å². The minimum atomic E-state index is -0.0798. The Labute approximate surface area is 123 Å². The third-order valence-corrected chi connectivity index (χ3v) is 3.29. The highest BCUT2D eigenvalue weighted by Crippen LogP contribution is 2.08. The van der Waals surface area contributed by atoms with Gasteiger partial charge in [0.1, 0.15) is 4.99 Å². The molecule has 1 amide bonds. The van der Waals surface area contributed by atoms with Gasteiger partial charge in [0.2, 0.25) is 0 Å². The van der Waals surface area contributed by atoms with Crippen LogP contribution in [0.25, 0.3) is 0 Å². The normalized spacial score (nSPS) is 10.1. The molecule has 0 saturated carbocycles. The number of nitrogens with two attached hydrogens (primary N) is 1. The van der Waals surface area contributed by atoms with E-state index in [-0.39, 0.29) is 5.91 Å². The first-order valence-corrected chi connectivity index (χ1v) is 6.71. The number of amides is 1. The molecule has 0 unspecified atom stereocenters. The first-order valence-electron chi connectivity index (χ1n) is 6.30. The molecule has 0 heterocycles. The first-order chi connectivity index (χ1) is 9.58. The van der Waals surface area contributed by atoms with Crippen molar-refractivity contribution in [1.82, 2.24) is 5.32 Å². The van der Waals surface area contributed by atoms with Crippen molar-refractivity contribution >= 4 is 23.1 Å². The van der Waals surface area contributed by atoms with E-state index >= 15 is 0 Å². The summed E-state index contributed by atoms with van der Waals surface area (Å²) in [7, 11) is 0. The molecule has 2 aromatic rings. The second-order valence-corrected chi connectivity index (χ2v) is 5.00. The van der Waals surface area contributed by atoms with Crippen LogP contribution in [-0.2, 0) is 6.54 Å². The van der Waals surface area contributed by atoms with Gasteiger partial charge < -0.3 is 11.1 Å². The van der Waals surface area contributed by atoms with Gasteiger partial charge in [-0.1, -0.05) is 48.6 Å². The Morgan fingerprint density at radius 3 is 2.65 bits per heavy atom.